The van der Waals surface area contributed by atoms with Gasteiger partial charge in [-0.1, -0.05) is 28.1 Å². The van der Waals surface area contributed by atoms with Crippen LogP contribution in [0.3, 0.4) is 0 Å². The van der Waals surface area contributed by atoms with E-state index in [0.29, 0.717) is 17.9 Å². The molecule has 1 aliphatic heterocycles. The highest BCUT2D eigenvalue weighted by molar-refractivity contribution is 9.10. The van der Waals surface area contributed by atoms with Gasteiger partial charge in [0.1, 0.15) is 5.84 Å². The molecule has 9 heteroatoms. The molecule has 0 radical (unpaired) electrons. The maximum absolute atomic E-state index is 12.8. The van der Waals surface area contributed by atoms with Crippen molar-refractivity contribution in [3.8, 4) is 0 Å². The first-order valence-corrected chi connectivity index (χ1v) is 8.58. The number of amides is 2. The molecule has 0 fully saturated rings. The summed E-state index contributed by atoms with van der Waals surface area (Å²) in [6.07, 6.45) is -2.26. The van der Waals surface area contributed by atoms with E-state index < -0.39 is 17.8 Å². The molecular weight excluding hydrogens is 425 g/mol. The van der Waals surface area contributed by atoms with E-state index in [1.807, 2.05) is 6.07 Å². The maximum Gasteiger partial charge on any atom is 0.417 e. The number of alkyl halides is 3. The number of rotatable bonds is 3. The van der Waals surface area contributed by atoms with E-state index in [-0.39, 0.29) is 10.2 Å². The number of anilines is 2. The first-order valence-electron chi connectivity index (χ1n) is 7.79. The average Bonchev–Trinajstić information content (AvgIpc) is 3.00. The van der Waals surface area contributed by atoms with E-state index in [9.17, 15) is 18.0 Å². The number of hydrogen-bond donors (Lipinski definition) is 3. The lowest BCUT2D eigenvalue weighted by molar-refractivity contribution is -0.138. The van der Waals surface area contributed by atoms with Gasteiger partial charge in [0.2, 0.25) is 0 Å². The van der Waals surface area contributed by atoms with Crippen molar-refractivity contribution in [1.82, 2.24) is 0 Å². The lowest BCUT2D eigenvalue weighted by atomic mass is 10.0. The van der Waals surface area contributed by atoms with Crippen LogP contribution >= 0.6 is 15.9 Å². The van der Waals surface area contributed by atoms with Gasteiger partial charge in [-0.2, -0.15) is 13.2 Å². The van der Waals surface area contributed by atoms with Crippen LogP contribution in [0.1, 0.15) is 17.5 Å². The summed E-state index contributed by atoms with van der Waals surface area (Å²) in [4.78, 5) is 16.2. The zero-order chi connectivity index (χ0) is 19.6. The number of aliphatic imine (C=N–C) groups is 1. The Balaban J connectivity index is 1.67. The van der Waals surface area contributed by atoms with Crippen LogP contribution in [0.2, 0.25) is 0 Å². The summed E-state index contributed by atoms with van der Waals surface area (Å²) in [7, 11) is 0. The lowest BCUT2D eigenvalue weighted by Crippen LogP contribution is -2.19. The Morgan fingerprint density at radius 1 is 1.11 bits per heavy atom. The normalized spacial score (nSPS) is 13.8. The van der Waals surface area contributed by atoms with E-state index in [0.717, 1.165) is 17.2 Å². The molecule has 0 bridgehead atoms. The van der Waals surface area contributed by atoms with Crippen LogP contribution < -0.4 is 16.4 Å². The number of carbonyl (C=O) groups is 1. The Labute approximate surface area is 161 Å². The van der Waals surface area contributed by atoms with Gasteiger partial charge in [-0.15, -0.1) is 0 Å². The van der Waals surface area contributed by atoms with Gasteiger partial charge in [-0.25, -0.2) is 9.79 Å². The molecule has 140 valence electrons. The number of urea groups is 1. The summed E-state index contributed by atoms with van der Waals surface area (Å²) < 4.78 is 38.2. The predicted molar refractivity (Wildman–Crippen MR) is 102 cm³/mol. The smallest absolute Gasteiger partial charge is 0.387 e. The summed E-state index contributed by atoms with van der Waals surface area (Å²) in [6.45, 7) is 0. The van der Waals surface area contributed by atoms with Gasteiger partial charge in [-0.3, -0.25) is 0 Å². The Hall–Kier alpha value is -2.81. The SMILES string of the molecule is NC1=NC=C(c2cccc(NC(=O)Nc3ccc(C(F)(F)F)c(Br)c3)c2)C1. The third-order valence-electron chi connectivity index (χ3n) is 3.78. The minimum atomic E-state index is -4.47. The monoisotopic (exact) mass is 438 g/mol. The predicted octanol–water partition coefficient (Wildman–Crippen LogP) is 5.21. The fourth-order valence-electron chi connectivity index (χ4n) is 2.54. The molecule has 1 heterocycles. The third-order valence-corrected chi connectivity index (χ3v) is 4.44. The molecule has 2 amide bonds. The summed E-state index contributed by atoms with van der Waals surface area (Å²) >= 11 is 2.87. The van der Waals surface area contributed by atoms with E-state index in [1.54, 1.807) is 24.4 Å². The number of nitrogens with two attached hydrogens (primary N) is 1. The first-order chi connectivity index (χ1) is 12.7. The molecule has 0 aromatic heterocycles. The van der Waals surface area contributed by atoms with Crippen LogP contribution in [0.5, 0.6) is 0 Å². The molecule has 4 N–H and O–H groups in total. The van der Waals surface area contributed by atoms with Crippen molar-refractivity contribution in [1.29, 1.82) is 0 Å². The molecule has 5 nitrogen and oxygen atoms in total. The van der Waals surface area contributed by atoms with Crippen LogP contribution in [-0.2, 0) is 6.18 Å². The number of benzene rings is 2. The Morgan fingerprint density at radius 3 is 2.41 bits per heavy atom. The standard InChI is InChI=1S/C18H14BrF3N4O/c19-15-8-13(4-5-14(15)18(20,21)22)26-17(27)25-12-3-1-2-10(6-12)11-7-16(23)24-9-11/h1-6,8-9H,7H2,(H2,23,24)(H2,25,26,27). The van der Waals surface area contributed by atoms with Gasteiger partial charge < -0.3 is 16.4 Å². The number of amidine groups is 1. The van der Waals surface area contributed by atoms with Crippen LogP contribution in [-0.4, -0.2) is 11.9 Å². The van der Waals surface area contributed by atoms with Crippen molar-refractivity contribution < 1.29 is 18.0 Å². The molecule has 0 aliphatic carbocycles. The van der Waals surface area contributed by atoms with Gasteiger partial charge in [0.05, 0.1) is 5.56 Å². The average molecular weight is 439 g/mol. The van der Waals surface area contributed by atoms with Gasteiger partial charge >= 0.3 is 12.2 Å². The number of carbonyl (C=O) groups excluding carboxylic acids is 1. The maximum atomic E-state index is 12.8. The van der Waals surface area contributed by atoms with Crippen LogP contribution in [0.15, 0.2) is 58.1 Å². The highest BCUT2D eigenvalue weighted by Crippen LogP contribution is 2.36. The molecule has 0 atom stereocenters. The second kappa shape index (κ2) is 7.43. The zero-order valence-electron chi connectivity index (χ0n) is 13.8. The number of nitrogens with one attached hydrogen (secondary N) is 2. The highest BCUT2D eigenvalue weighted by atomic mass is 79.9. The number of halogens is 4. The summed E-state index contributed by atoms with van der Waals surface area (Å²) in [5, 5.41) is 5.15. The summed E-state index contributed by atoms with van der Waals surface area (Å²) in [5.41, 5.74) is 7.41. The quantitative estimate of drug-likeness (QED) is 0.614. The molecule has 2 aromatic rings. The fourth-order valence-corrected chi connectivity index (χ4v) is 3.14. The van der Waals surface area contributed by atoms with E-state index in [4.69, 9.17) is 5.73 Å². The number of hydrogen-bond acceptors (Lipinski definition) is 3. The molecule has 0 spiro atoms. The molecule has 1 aliphatic rings. The van der Waals surface area contributed by atoms with Crippen molar-refractivity contribution >= 4 is 44.7 Å². The van der Waals surface area contributed by atoms with Crippen molar-refractivity contribution in [2.24, 2.45) is 10.7 Å². The van der Waals surface area contributed by atoms with E-state index in [1.165, 1.54) is 12.1 Å². The second-order valence-corrected chi connectivity index (χ2v) is 6.66. The molecule has 0 unspecified atom stereocenters. The Bertz CT molecular complexity index is 954. The Morgan fingerprint density at radius 2 is 1.81 bits per heavy atom. The number of nitrogens with zero attached hydrogens (tertiary/aromatic N) is 1. The van der Waals surface area contributed by atoms with Gasteiger partial charge in [0, 0.05) is 28.5 Å². The van der Waals surface area contributed by atoms with Gasteiger partial charge in [0.15, 0.2) is 0 Å². The van der Waals surface area contributed by atoms with Gasteiger partial charge in [0.25, 0.3) is 0 Å². The molecule has 0 saturated carbocycles. The van der Waals surface area contributed by atoms with Crippen molar-refractivity contribution in [2.75, 3.05) is 10.6 Å². The summed E-state index contributed by atoms with van der Waals surface area (Å²) in [5.74, 6) is 0.522. The zero-order valence-corrected chi connectivity index (χ0v) is 15.4. The third kappa shape index (κ3) is 4.68. The van der Waals surface area contributed by atoms with Crippen molar-refractivity contribution in [2.45, 2.75) is 12.6 Å². The highest BCUT2D eigenvalue weighted by Gasteiger charge is 2.32. The molecular formula is C18H14BrF3N4O. The largest absolute Gasteiger partial charge is 0.417 e. The minimum Gasteiger partial charge on any atom is -0.387 e. The Kier molecular flexibility index (Phi) is 5.22. The summed E-state index contributed by atoms with van der Waals surface area (Å²) in [6, 6.07) is 9.82. The second-order valence-electron chi connectivity index (χ2n) is 5.80. The van der Waals surface area contributed by atoms with E-state index in [2.05, 4.69) is 31.6 Å². The first kappa shape index (κ1) is 19.0. The van der Waals surface area contributed by atoms with Crippen molar-refractivity contribution in [3.63, 3.8) is 0 Å². The molecule has 0 saturated heterocycles. The minimum absolute atomic E-state index is 0.152. The van der Waals surface area contributed by atoms with Crippen LogP contribution in [0.4, 0.5) is 29.3 Å². The topological polar surface area (TPSA) is 79.5 Å². The van der Waals surface area contributed by atoms with Gasteiger partial charge in [-0.05, 0) is 41.5 Å². The molecule has 3 rings (SSSR count). The van der Waals surface area contributed by atoms with Crippen LogP contribution in [0, 0.1) is 0 Å². The lowest BCUT2D eigenvalue weighted by Gasteiger charge is -2.12. The fraction of sp³-hybridized carbons (Fsp3) is 0.111. The van der Waals surface area contributed by atoms with Crippen molar-refractivity contribution in [3.05, 3.63) is 64.3 Å². The molecule has 27 heavy (non-hydrogen) atoms. The van der Waals surface area contributed by atoms with E-state index >= 15 is 0 Å². The van der Waals surface area contributed by atoms with Crippen LogP contribution in [0.25, 0.3) is 5.57 Å². The molecule has 2 aromatic carbocycles.